The predicted octanol–water partition coefficient (Wildman–Crippen LogP) is -6.11. The average molecular weight is 260 g/mol. The SMILES string of the molecule is [La+3].[Li+].[Li+].[O-2].[Zr+4]. The van der Waals surface area contributed by atoms with Gasteiger partial charge in [-0.05, 0) is 0 Å². The standard InChI is InChI=1S/La.2Li.O.Zr/q+3;2*+1;-2;+4. The largest absolute Gasteiger partial charge is 4.00 e. The van der Waals surface area contributed by atoms with Crippen LogP contribution in [0.1, 0.15) is 0 Å². The molecular formula is LaLi2OZr+7. The fraction of sp³-hybridized carbons (Fsp3) is 0. The van der Waals surface area contributed by atoms with E-state index in [4.69, 9.17) is 0 Å². The Hall–Kier alpha value is 3.23. The van der Waals surface area contributed by atoms with Crippen LogP contribution in [0.25, 0.3) is 0 Å². The summed E-state index contributed by atoms with van der Waals surface area (Å²) in [5, 5.41) is 0. The van der Waals surface area contributed by atoms with Crippen LogP contribution in [0, 0.1) is 35.6 Å². The summed E-state index contributed by atoms with van der Waals surface area (Å²) in [7, 11) is 0. The molecule has 0 aromatic carbocycles. The molecule has 5 heavy (non-hydrogen) atoms. The van der Waals surface area contributed by atoms with Crippen molar-refractivity contribution in [3.05, 3.63) is 0 Å². The van der Waals surface area contributed by atoms with Crippen LogP contribution >= 0.6 is 0 Å². The van der Waals surface area contributed by atoms with Crippen LogP contribution in [-0.4, -0.2) is 0 Å². The van der Waals surface area contributed by atoms with Crippen molar-refractivity contribution in [1.82, 2.24) is 0 Å². The van der Waals surface area contributed by atoms with Gasteiger partial charge in [0.25, 0.3) is 0 Å². The molecule has 0 amide bonds. The Morgan fingerprint density at radius 1 is 0.800 bits per heavy atom. The van der Waals surface area contributed by atoms with Crippen molar-refractivity contribution in [3.8, 4) is 0 Å². The molecule has 0 fully saturated rings. The molecular weight excluding hydrogens is 260 g/mol. The van der Waals surface area contributed by atoms with Crippen LogP contribution in [-0.2, 0) is 31.7 Å². The molecule has 1 nitrogen and oxygen atoms in total. The van der Waals surface area contributed by atoms with Crippen LogP contribution in [0.4, 0.5) is 0 Å². The third-order valence-electron chi connectivity index (χ3n) is 0. The minimum absolute atomic E-state index is 0. The zero-order valence-electron chi connectivity index (χ0n) is 3.49. The van der Waals surface area contributed by atoms with E-state index in [9.17, 15) is 0 Å². The van der Waals surface area contributed by atoms with Gasteiger partial charge in [-0.15, -0.1) is 0 Å². The van der Waals surface area contributed by atoms with Gasteiger partial charge in [0, 0.05) is 0 Å². The van der Waals surface area contributed by atoms with Gasteiger partial charge in [0.1, 0.15) is 0 Å². The molecule has 0 radical (unpaired) electrons. The molecule has 0 saturated heterocycles. The van der Waals surface area contributed by atoms with Crippen LogP contribution in [0.5, 0.6) is 0 Å². The molecule has 0 aromatic rings. The van der Waals surface area contributed by atoms with E-state index in [2.05, 4.69) is 0 Å². The van der Waals surface area contributed by atoms with E-state index in [1.54, 1.807) is 0 Å². The monoisotopic (exact) mass is 259 g/mol. The zero-order valence-corrected chi connectivity index (χ0v) is 9.57. The minimum atomic E-state index is 0. The van der Waals surface area contributed by atoms with E-state index in [1.807, 2.05) is 0 Å². The second-order valence-electron chi connectivity index (χ2n) is 0. The molecule has 0 aliphatic carbocycles. The Bertz CT molecular complexity index is 9.61. The van der Waals surface area contributed by atoms with E-state index in [-0.39, 0.29) is 105 Å². The molecule has 0 atom stereocenters. The summed E-state index contributed by atoms with van der Waals surface area (Å²) in [5.74, 6) is 0. The Balaban J connectivity index is 0. The molecule has 0 aliphatic rings. The van der Waals surface area contributed by atoms with Crippen molar-refractivity contribution in [2.24, 2.45) is 0 Å². The molecule has 5 heteroatoms. The predicted molar refractivity (Wildman–Crippen MR) is 0.686 cm³/mol. The fourth-order valence-electron chi connectivity index (χ4n) is 0. The summed E-state index contributed by atoms with van der Waals surface area (Å²) in [6.45, 7) is 0. The molecule has 8 valence electrons. The molecule has 0 bridgehead atoms. The fourth-order valence-corrected chi connectivity index (χ4v) is 0. The first-order valence-electron chi connectivity index (χ1n) is 0. The Morgan fingerprint density at radius 3 is 0.800 bits per heavy atom. The molecule has 0 N–H and O–H groups in total. The second-order valence-corrected chi connectivity index (χ2v) is 0. The molecule has 0 saturated carbocycles. The van der Waals surface area contributed by atoms with E-state index in [0.717, 1.165) is 0 Å². The van der Waals surface area contributed by atoms with Crippen molar-refractivity contribution >= 4 is 0 Å². The van der Waals surface area contributed by atoms with Crippen molar-refractivity contribution in [1.29, 1.82) is 0 Å². The van der Waals surface area contributed by atoms with Gasteiger partial charge in [-0.3, -0.25) is 0 Å². The number of hydrogen-bond acceptors (Lipinski definition) is 0. The first-order valence-corrected chi connectivity index (χ1v) is 0. The van der Waals surface area contributed by atoms with Gasteiger partial charge < -0.3 is 5.48 Å². The molecule has 0 unspecified atom stereocenters. The van der Waals surface area contributed by atoms with Gasteiger partial charge in [-0.1, -0.05) is 0 Å². The van der Waals surface area contributed by atoms with Gasteiger partial charge in [0.2, 0.25) is 0 Å². The summed E-state index contributed by atoms with van der Waals surface area (Å²) < 4.78 is 0. The van der Waals surface area contributed by atoms with Gasteiger partial charge in [-0.2, -0.15) is 0 Å². The Morgan fingerprint density at radius 2 is 0.800 bits per heavy atom. The van der Waals surface area contributed by atoms with E-state index < -0.39 is 0 Å². The molecule has 0 aromatic heterocycles. The summed E-state index contributed by atoms with van der Waals surface area (Å²) in [6, 6.07) is 0. The van der Waals surface area contributed by atoms with E-state index in [0.29, 0.717) is 0 Å². The van der Waals surface area contributed by atoms with Gasteiger partial charge in [0.15, 0.2) is 0 Å². The van der Waals surface area contributed by atoms with Crippen LogP contribution in [0.15, 0.2) is 0 Å². The Kier molecular flexibility index (Phi) is 222. The quantitative estimate of drug-likeness (QED) is 0.388. The van der Waals surface area contributed by atoms with Gasteiger partial charge in [-0.25, -0.2) is 0 Å². The maximum absolute atomic E-state index is 0. The maximum atomic E-state index is 0. The summed E-state index contributed by atoms with van der Waals surface area (Å²) in [6.07, 6.45) is 0. The van der Waals surface area contributed by atoms with Crippen molar-refractivity contribution in [3.63, 3.8) is 0 Å². The third-order valence-corrected chi connectivity index (χ3v) is 0. The Labute approximate surface area is 103 Å². The van der Waals surface area contributed by atoms with Crippen molar-refractivity contribution < 1.29 is 105 Å². The average Bonchev–Trinajstić information content (AvgIpc) is 0. The summed E-state index contributed by atoms with van der Waals surface area (Å²) in [5.41, 5.74) is 0. The number of rotatable bonds is 0. The van der Waals surface area contributed by atoms with Gasteiger partial charge in [0.05, 0.1) is 0 Å². The zero-order chi connectivity index (χ0) is 0. The molecule has 0 spiro atoms. The second kappa shape index (κ2) is 26.9. The van der Waals surface area contributed by atoms with Crippen LogP contribution in [0.3, 0.4) is 0 Å². The van der Waals surface area contributed by atoms with E-state index in [1.165, 1.54) is 0 Å². The normalized spacial score (nSPS) is 0. The molecule has 0 aliphatic heterocycles. The van der Waals surface area contributed by atoms with Crippen molar-refractivity contribution in [2.75, 3.05) is 0 Å². The van der Waals surface area contributed by atoms with Crippen molar-refractivity contribution in [2.45, 2.75) is 0 Å². The first-order chi connectivity index (χ1) is 0. The third kappa shape index (κ3) is 19.0. The first kappa shape index (κ1) is 41.2. The summed E-state index contributed by atoms with van der Waals surface area (Å²) in [4.78, 5) is 0. The maximum Gasteiger partial charge on any atom is 4.00 e. The van der Waals surface area contributed by atoms with Crippen LogP contribution in [0.2, 0.25) is 0 Å². The van der Waals surface area contributed by atoms with E-state index >= 15 is 0 Å². The topological polar surface area (TPSA) is 28.5 Å². The molecule has 0 rings (SSSR count). The van der Waals surface area contributed by atoms with Gasteiger partial charge >= 0.3 is 99.5 Å². The minimum Gasteiger partial charge on any atom is -2.00 e. The molecule has 0 heterocycles. The smallest absolute Gasteiger partial charge is 2.00 e. The number of hydrogen-bond donors (Lipinski definition) is 0. The van der Waals surface area contributed by atoms with Crippen LogP contribution < -0.4 is 37.7 Å². The summed E-state index contributed by atoms with van der Waals surface area (Å²) >= 11 is 0.